The smallest absolute Gasteiger partial charge is 0.249 e. The second-order valence-corrected chi connectivity index (χ2v) is 6.83. The normalized spacial score (nSPS) is 22.2. The molecule has 0 radical (unpaired) electrons. The summed E-state index contributed by atoms with van der Waals surface area (Å²) in [6.07, 6.45) is 6.49. The molecular formula is C19H31N3O2. The van der Waals surface area contributed by atoms with Gasteiger partial charge in [0.1, 0.15) is 5.54 Å². The third-order valence-corrected chi connectivity index (χ3v) is 5.39. The number of carbonyl (C=O) groups excluding carboxylic acids is 1. The minimum atomic E-state index is -0.436. The summed E-state index contributed by atoms with van der Waals surface area (Å²) in [4.78, 5) is 19.2. The SMILES string of the molecule is C=CC(=CC)N1CN(C)C(=O)C12CCN(C(=C)CC(C)OC)CC2. The van der Waals surface area contributed by atoms with Crippen molar-refractivity contribution in [3.63, 3.8) is 0 Å². The first-order valence-corrected chi connectivity index (χ1v) is 8.67. The molecular weight excluding hydrogens is 302 g/mol. The molecule has 0 aromatic carbocycles. The summed E-state index contributed by atoms with van der Waals surface area (Å²) in [6.45, 7) is 14.5. The summed E-state index contributed by atoms with van der Waals surface area (Å²) in [6, 6.07) is 0. The molecule has 24 heavy (non-hydrogen) atoms. The number of piperidine rings is 1. The second-order valence-electron chi connectivity index (χ2n) is 6.83. The number of hydrogen-bond donors (Lipinski definition) is 0. The number of amides is 1. The van der Waals surface area contributed by atoms with Crippen LogP contribution in [0, 0.1) is 0 Å². The van der Waals surface area contributed by atoms with Gasteiger partial charge in [0.05, 0.1) is 12.8 Å². The predicted octanol–water partition coefficient (Wildman–Crippen LogP) is 2.58. The maximum atomic E-state index is 12.9. The lowest BCUT2D eigenvalue weighted by molar-refractivity contribution is -0.134. The molecule has 1 unspecified atom stereocenters. The van der Waals surface area contributed by atoms with E-state index in [0.717, 1.165) is 43.7 Å². The van der Waals surface area contributed by atoms with Crippen molar-refractivity contribution in [2.24, 2.45) is 0 Å². The monoisotopic (exact) mass is 333 g/mol. The summed E-state index contributed by atoms with van der Waals surface area (Å²) in [5.74, 6) is 0.222. The van der Waals surface area contributed by atoms with Crippen LogP contribution < -0.4 is 0 Å². The first-order chi connectivity index (χ1) is 11.4. The van der Waals surface area contributed by atoms with Crippen molar-refractivity contribution in [1.82, 2.24) is 14.7 Å². The average molecular weight is 333 g/mol. The molecule has 2 aliphatic heterocycles. The average Bonchev–Trinajstić information content (AvgIpc) is 2.82. The molecule has 5 nitrogen and oxygen atoms in total. The molecule has 0 aromatic heterocycles. The number of rotatable bonds is 6. The highest BCUT2D eigenvalue weighted by Crippen LogP contribution is 2.39. The maximum Gasteiger partial charge on any atom is 0.249 e. The molecule has 2 aliphatic rings. The lowest BCUT2D eigenvalue weighted by atomic mass is 9.85. The zero-order valence-corrected chi connectivity index (χ0v) is 15.5. The highest BCUT2D eigenvalue weighted by Gasteiger charge is 2.52. The topological polar surface area (TPSA) is 36.0 Å². The summed E-state index contributed by atoms with van der Waals surface area (Å²) in [7, 11) is 3.61. The number of ether oxygens (including phenoxy) is 1. The molecule has 2 heterocycles. The molecule has 1 atom stereocenters. The van der Waals surface area contributed by atoms with Gasteiger partial charge in [-0.15, -0.1) is 0 Å². The van der Waals surface area contributed by atoms with Crippen LogP contribution in [0.15, 0.2) is 36.7 Å². The van der Waals surface area contributed by atoms with Crippen LogP contribution in [0.5, 0.6) is 0 Å². The summed E-state index contributed by atoms with van der Waals surface area (Å²) in [5, 5.41) is 0. The summed E-state index contributed by atoms with van der Waals surface area (Å²) in [5.41, 5.74) is 1.70. The van der Waals surface area contributed by atoms with E-state index in [0.29, 0.717) is 6.67 Å². The number of likely N-dealkylation sites (N-methyl/N-ethyl adjacent to an activating group) is 1. The Hall–Kier alpha value is -1.75. The number of allylic oxidation sites excluding steroid dienone is 2. The van der Waals surface area contributed by atoms with Crippen molar-refractivity contribution >= 4 is 5.91 Å². The van der Waals surface area contributed by atoms with Crippen molar-refractivity contribution in [2.75, 3.05) is 33.9 Å². The van der Waals surface area contributed by atoms with E-state index >= 15 is 0 Å². The molecule has 0 N–H and O–H groups in total. The molecule has 0 aromatic rings. The van der Waals surface area contributed by atoms with Crippen LogP contribution in [0.2, 0.25) is 0 Å². The molecule has 1 spiro atoms. The number of likely N-dealkylation sites (tertiary alicyclic amines) is 1. The van der Waals surface area contributed by atoms with E-state index in [9.17, 15) is 4.79 Å². The fraction of sp³-hybridized carbons (Fsp3) is 0.632. The molecule has 2 saturated heterocycles. The Morgan fingerprint density at radius 1 is 1.42 bits per heavy atom. The van der Waals surface area contributed by atoms with Crippen molar-refractivity contribution in [3.8, 4) is 0 Å². The van der Waals surface area contributed by atoms with Crippen molar-refractivity contribution in [3.05, 3.63) is 36.7 Å². The quantitative estimate of drug-likeness (QED) is 0.700. The van der Waals surface area contributed by atoms with Gasteiger partial charge in [-0.3, -0.25) is 4.79 Å². The lowest BCUT2D eigenvalue weighted by Crippen LogP contribution is -2.55. The molecule has 134 valence electrons. The number of hydrogen-bond acceptors (Lipinski definition) is 4. The Morgan fingerprint density at radius 3 is 2.54 bits per heavy atom. The van der Waals surface area contributed by atoms with Gasteiger partial charge in [-0.25, -0.2) is 0 Å². The van der Waals surface area contributed by atoms with Gasteiger partial charge in [0, 0.05) is 45.1 Å². The van der Waals surface area contributed by atoms with Crippen molar-refractivity contribution in [2.45, 2.75) is 44.8 Å². The molecule has 5 heteroatoms. The van der Waals surface area contributed by atoms with Crippen molar-refractivity contribution < 1.29 is 9.53 Å². The molecule has 0 saturated carbocycles. The van der Waals surface area contributed by atoms with Crippen LogP contribution in [-0.2, 0) is 9.53 Å². The third kappa shape index (κ3) is 3.22. The highest BCUT2D eigenvalue weighted by molar-refractivity contribution is 5.88. The summed E-state index contributed by atoms with van der Waals surface area (Å²) < 4.78 is 5.34. The zero-order valence-electron chi connectivity index (χ0n) is 15.5. The Kier molecular flexibility index (Phi) is 5.75. The van der Waals surface area contributed by atoms with Gasteiger partial charge in [-0.05, 0) is 32.8 Å². The third-order valence-electron chi connectivity index (χ3n) is 5.39. The van der Waals surface area contributed by atoms with E-state index in [1.807, 2.05) is 31.0 Å². The first-order valence-electron chi connectivity index (χ1n) is 8.67. The lowest BCUT2D eigenvalue weighted by Gasteiger charge is -2.45. The van der Waals surface area contributed by atoms with Gasteiger partial charge in [0.25, 0.3) is 0 Å². The fourth-order valence-corrected chi connectivity index (χ4v) is 3.82. The Labute approximate surface area is 146 Å². The number of nitrogens with zero attached hydrogens (tertiary/aromatic N) is 3. The van der Waals surface area contributed by atoms with Gasteiger partial charge in [-0.2, -0.15) is 0 Å². The molecule has 1 amide bonds. The molecule has 2 rings (SSSR count). The van der Waals surface area contributed by atoms with Crippen LogP contribution >= 0.6 is 0 Å². The van der Waals surface area contributed by atoms with Gasteiger partial charge in [0.2, 0.25) is 5.91 Å². The van der Waals surface area contributed by atoms with Gasteiger partial charge in [-0.1, -0.05) is 19.2 Å². The van der Waals surface area contributed by atoms with E-state index in [2.05, 4.69) is 29.9 Å². The van der Waals surface area contributed by atoms with Gasteiger partial charge in [0.15, 0.2) is 0 Å². The van der Waals surface area contributed by atoms with Crippen LogP contribution in [0.25, 0.3) is 0 Å². The largest absolute Gasteiger partial charge is 0.381 e. The molecule has 2 fully saturated rings. The van der Waals surface area contributed by atoms with Crippen LogP contribution in [-0.4, -0.2) is 66.2 Å². The first kappa shape index (κ1) is 18.6. The minimum absolute atomic E-state index is 0.166. The fourth-order valence-electron chi connectivity index (χ4n) is 3.82. The Bertz CT molecular complexity index is 533. The number of carbonyl (C=O) groups is 1. The standard InChI is InChI=1S/C19H31N3O2/c1-7-17(8-2)22-14-20(5)18(23)19(22)9-11-21(12-10-19)15(3)13-16(4)24-6/h7-8,16H,1,3,9-14H2,2,4-6H3. The van der Waals surface area contributed by atoms with E-state index in [4.69, 9.17) is 4.74 Å². The molecule has 0 bridgehead atoms. The van der Waals surface area contributed by atoms with Gasteiger partial charge >= 0.3 is 0 Å². The Morgan fingerprint density at radius 2 is 2.04 bits per heavy atom. The second kappa shape index (κ2) is 7.43. The maximum absolute atomic E-state index is 12.9. The van der Waals surface area contributed by atoms with E-state index in [1.165, 1.54) is 0 Å². The molecule has 0 aliphatic carbocycles. The highest BCUT2D eigenvalue weighted by atomic mass is 16.5. The number of methoxy groups -OCH3 is 1. The summed E-state index contributed by atoms with van der Waals surface area (Å²) >= 11 is 0. The van der Waals surface area contributed by atoms with Crippen molar-refractivity contribution in [1.29, 1.82) is 0 Å². The van der Waals surface area contributed by atoms with Crippen LogP contribution in [0.1, 0.15) is 33.1 Å². The van der Waals surface area contributed by atoms with E-state index in [1.54, 1.807) is 7.11 Å². The van der Waals surface area contributed by atoms with Gasteiger partial charge < -0.3 is 19.4 Å². The van der Waals surface area contributed by atoms with E-state index < -0.39 is 5.54 Å². The predicted molar refractivity (Wildman–Crippen MR) is 97.2 cm³/mol. The Balaban J connectivity index is 2.13. The van der Waals surface area contributed by atoms with Crippen LogP contribution in [0.3, 0.4) is 0 Å². The van der Waals surface area contributed by atoms with E-state index in [-0.39, 0.29) is 12.0 Å². The van der Waals surface area contributed by atoms with Crippen LogP contribution in [0.4, 0.5) is 0 Å². The minimum Gasteiger partial charge on any atom is -0.381 e. The zero-order chi connectivity index (χ0) is 17.9.